The number of nitrogens with zero attached hydrogens (tertiary/aromatic N) is 4. The van der Waals surface area contributed by atoms with Crippen molar-refractivity contribution in [3.05, 3.63) is 59.4 Å². The average Bonchev–Trinajstić information content (AvgIpc) is 3.43. The van der Waals surface area contributed by atoms with Crippen LogP contribution in [0.2, 0.25) is 0 Å². The molecule has 3 aromatic rings. The third-order valence-electron chi connectivity index (χ3n) is 6.41. The van der Waals surface area contributed by atoms with E-state index in [4.69, 9.17) is 0 Å². The molecule has 5 rings (SSSR count). The Balaban J connectivity index is 1.36. The number of aryl methyl sites for hydroxylation is 2. The molecule has 2 aliphatic rings. The molecule has 2 fully saturated rings. The van der Waals surface area contributed by atoms with Gasteiger partial charge in [-0.05, 0) is 61.2 Å². The van der Waals surface area contributed by atoms with E-state index < -0.39 is 6.04 Å². The van der Waals surface area contributed by atoms with Crippen molar-refractivity contribution in [2.75, 3.05) is 11.4 Å². The van der Waals surface area contributed by atoms with Crippen LogP contribution in [0.3, 0.4) is 0 Å². The minimum Gasteiger partial charge on any atom is -0.317 e. The molecule has 3 amide bonds. The molecule has 0 N–H and O–H groups in total. The Morgan fingerprint density at radius 1 is 1.00 bits per heavy atom. The lowest BCUT2D eigenvalue weighted by molar-refractivity contribution is -0.139. The Bertz CT molecular complexity index is 1210. The van der Waals surface area contributed by atoms with Crippen LogP contribution in [0.4, 0.5) is 5.69 Å². The first kappa shape index (κ1) is 19.5. The highest BCUT2D eigenvalue weighted by molar-refractivity contribution is 6.05. The van der Waals surface area contributed by atoms with Crippen molar-refractivity contribution in [1.29, 1.82) is 0 Å². The van der Waals surface area contributed by atoms with Crippen LogP contribution in [0, 0.1) is 13.8 Å². The highest BCUT2D eigenvalue weighted by Crippen LogP contribution is 2.30. The van der Waals surface area contributed by atoms with Gasteiger partial charge in [0.25, 0.3) is 5.91 Å². The highest BCUT2D eigenvalue weighted by atomic mass is 16.2. The SMILES string of the molecule is Cc1cc2ncn([C@@H]3CC(=O)N(Cc4ccc(N5CCCC5=O)cc4)C3=O)c2cc1C. The van der Waals surface area contributed by atoms with Gasteiger partial charge in [-0.1, -0.05) is 12.1 Å². The predicted molar refractivity (Wildman–Crippen MR) is 116 cm³/mol. The second kappa shape index (κ2) is 7.34. The van der Waals surface area contributed by atoms with Crippen molar-refractivity contribution in [2.45, 2.75) is 45.7 Å². The van der Waals surface area contributed by atoms with Crippen LogP contribution >= 0.6 is 0 Å². The van der Waals surface area contributed by atoms with Crippen LogP contribution in [-0.4, -0.2) is 38.7 Å². The van der Waals surface area contributed by atoms with Gasteiger partial charge in [0.1, 0.15) is 6.04 Å². The maximum absolute atomic E-state index is 13.1. The van der Waals surface area contributed by atoms with Crippen molar-refractivity contribution >= 4 is 34.4 Å². The molecule has 0 bridgehead atoms. The molecule has 31 heavy (non-hydrogen) atoms. The number of amides is 3. The van der Waals surface area contributed by atoms with E-state index in [1.807, 2.05) is 54.8 Å². The van der Waals surface area contributed by atoms with Crippen molar-refractivity contribution in [2.24, 2.45) is 0 Å². The van der Waals surface area contributed by atoms with Gasteiger partial charge in [-0.2, -0.15) is 0 Å². The van der Waals surface area contributed by atoms with Gasteiger partial charge in [0.05, 0.1) is 30.3 Å². The van der Waals surface area contributed by atoms with Gasteiger partial charge in [0, 0.05) is 18.7 Å². The van der Waals surface area contributed by atoms with Gasteiger partial charge in [-0.3, -0.25) is 19.3 Å². The molecule has 1 aromatic heterocycles. The topological polar surface area (TPSA) is 75.5 Å². The average molecular weight is 416 g/mol. The summed E-state index contributed by atoms with van der Waals surface area (Å²) >= 11 is 0. The number of hydrogen-bond donors (Lipinski definition) is 0. The molecule has 1 atom stereocenters. The Labute approximate surface area is 180 Å². The van der Waals surface area contributed by atoms with E-state index in [2.05, 4.69) is 4.98 Å². The van der Waals surface area contributed by atoms with Crippen LogP contribution in [0.1, 0.15) is 42.0 Å². The van der Waals surface area contributed by atoms with Crippen molar-refractivity contribution in [1.82, 2.24) is 14.5 Å². The van der Waals surface area contributed by atoms with Crippen LogP contribution in [0.15, 0.2) is 42.7 Å². The van der Waals surface area contributed by atoms with Gasteiger partial charge in [0.2, 0.25) is 11.8 Å². The Hall–Kier alpha value is -3.48. The largest absolute Gasteiger partial charge is 0.317 e. The molecule has 7 heteroatoms. The lowest BCUT2D eigenvalue weighted by Crippen LogP contribution is -2.30. The molecule has 2 aliphatic heterocycles. The standard InChI is InChI=1S/C24H24N4O3/c1-15-10-19-20(11-16(15)2)28(14-25-19)21-12-23(30)27(24(21)31)13-17-5-7-18(8-6-17)26-9-3-4-22(26)29/h5-8,10-11,14,21H,3-4,9,12-13H2,1-2H3/t21-/m1/s1. The summed E-state index contributed by atoms with van der Waals surface area (Å²) in [5.74, 6) is -0.251. The first-order valence-electron chi connectivity index (χ1n) is 10.6. The molecule has 7 nitrogen and oxygen atoms in total. The normalized spacial score (nSPS) is 19.3. The summed E-state index contributed by atoms with van der Waals surface area (Å²) in [6.07, 6.45) is 3.26. The van der Waals surface area contributed by atoms with Crippen LogP contribution in [0.25, 0.3) is 11.0 Å². The summed E-state index contributed by atoms with van der Waals surface area (Å²) in [5.41, 5.74) is 5.69. The van der Waals surface area contributed by atoms with E-state index in [1.165, 1.54) is 4.90 Å². The van der Waals surface area contributed by atoms with Gasteiger partial charge in [-0.15, -0.1) is 0 Å². The van der Waals surface area contributed by atoms with Crippen LogP contribution < -0.4 is 4.90 Å². The number of likely N-dealkylation sites (tertiary alicyclic amines) is 1. The summed E-state index contributed by atoms with van der Waals surface area (Å²) in [7, 11) is 0. The fraction of sp³-hybridized carbons (Fsp3) is 0.333. The summed E-state index contributed by atoms with van der Waals surface area (Å²) < 4.78 is 1.82. The van der Waals surface area contributed by atoms with Crippen LogP contribution in [-0.2, 0) is 20.9 Å². The highest BCUT2D eigenvalue weighted by Gasteiger charge is 2.40. The molecule has 158 valence electrons. The number of fused-ring (bicyclic) bond motifs is 1. The fourth-order valence-electron chi connectivity index (χ4n) is 4.47. The van der Waals surface area contributed by atoms with Gasteiger partial charge >= 0.3 is 0 Å². The van der Waals surface area contributed by atoms with Crippen LogP contribution in [0.5, 0.6) is 0 Å². The van der Waals surface area contributed by atoms with E-state index in [0.717, 1.165) is 46.4 Å². The summed E-state index contributed by atoms with van der Waals surface area (Å²) in [6, 6.07) is 11.0. The van der Waals surface area contributed by atoms with Crippen molar-refractivity contribution < 1.29 is 14.4 Å². The molecule has 2 aromatic carbocycles. The second-order valence-electron chi connectivity index (χ2n) is 8.43. The lowest BCUT2D eigenvalue weighted by atomic mass is 10.1. The maximum Gasteiger partial charge on any atom is 0.253 e. The Kier molecular flexibility index (Phi) is 4.61. The zero-order chi connectivity index (χ0) is 21.7. The molecular formula is C24H24N4O3. The number of carbonyl (C=O) groups is 3. The van der Waals surface area contributed by atoms with E-state index in [-0.39, 0.29) is 30.7 Å². The number of hydrogen-bond acceptors (Lipinski definition) is 4. The first-order chi connectivity index (χ1) is 14.9. The van der Waals surface area contributed by atoms with Crippen molar-refractivity contribution in [3.8, 4) is 0 Å². The predicted octanol–water partition coefficient (Wildman–Crippen LogP) is 3.28. The number of imide groups is 1. The molecule has 0 radical (unpaired) electrons. The number of benzene rings is 2. The quantitative estimate of drug-likeness (QED) is 0.612. The molecule has 0 spiro atoms. The van der Waals surface area contributed by atoms with Gasteiger partial charge in [0.15, 0.2) is 0 Å². The second-order valence-corrected chi connectivity index (χ2v) is 8.43. The Morgan fingerprint density at radius 2 is 1.74 bits per heavy atom. The third-order valence-corrected chi connectivity index (χ3v) is 6.41. The minimum absolute atomic E-state index is 0.136. The van der Waals surface area contributed by atoms with Crippen molar-refractivity contribution in [3.63, 3.8) is 0 Å². The number of aromatic nitrogens is 2. The molecule has 0 unspecified atom stereocenters. The summed E-state index contributed by atoms with van der Waals surface area (Å²) in [6.45, 7) is 5.03. The zero-order valence-electron chi connectivity index (χ0n) is 17.7. The number of anilines is 1. The molecule has 2 saturated heterocycles. The zero-order valence-corrected chi connectivity index (χ0v) is 17.7. The molecule has 3 heterocycles. The smallest absolute Gasteiger partial charge is 0.253 e. The van der Waals surface area contributed by atoms with E-state index in [0.29, 0.717) is 6.42 Å². The molecular weight excluding hydrogens is 392 g/mol. The number of imidazole rings is 1. The Morgan fingerprint density at radius 3 is 2.45 bits per heavy atom. The van der Waals surface area contributed by atoms with E-state index in [1.54, 1.807) is 11.2 Å². The summed E-state index contributed by atoms with van der Waals surface area (Å²) in [4.78, 5) is 45.3. The van der Waals surface area contributed by atoms with Gasteiger partial charge < -0.3 is 9.47 Å². The summed E-state index contributed by atoms with van der Waals surface area (Å²) in [5, 5.41) is 0. The first-order valence-corrected chi connectivity index (χ1v) is 10.6. The molecule has 0 saturated carbocycles. The maximum atomic E-state index is 13.1. The minimum atomic E-state index is -0.568. The number of rotatable bonds is 4. The fourth-order valence-corrected chi connectivity index (χ4v) is 4.47. The molecule has 0 aliphatic carbocycles. The lowest BCUT2D eigenvalue weighted by Gasteiger charge is -2.18. The van der Waals surface area contributed by atoms with Gasteiger partial charge in [-0.25, -0.2) is 4.98 Å². The monoisotopic (exact) mass is 416 g/mol. The number of carbonyl (C=O) groups excluding carboxylic acids is 3. The third kappa shape index (κ3) is 3.30. The van der Waals surface area contributed by atoms with E-state index >= 15 is 0 Å². The van der Waals surface area contributed by atoms with E-state index in [9.17, 15) is 14.4 Å².